The molecule has 0 atom stereocenters. The molecule has 1 aliphatic heterocycles. The maximum atomic E-state index is 14.0. The molecule has 1 saturated heterocycles. The smallest absolute Gasteiger partial charge is 0.178 e. The van der Waals surface area contributed by atoms with Gasteiger partial charge in [0, 0.05) is 42.3 Å². The number of nitrogens with one attached hydrogen (secondary N) is 2. The van der Waals surface area contributed by atoms with Gasteiger partial charge in [-0.05, 0) is 73.5 Å². The van der Waals surface area contributed by atoms with E-state index in [0.717, 1.165) is 48.0 Å². The number of likely N-dealkylation sites (tertiary alicyclic amines) is 1. The van der Waals surface area contributed by atoms with Gasteiger partial charge in [0.25, 0.3) is 0 Å². The van der Waals surface area contributed by atoms with Gasteiger partial charge < -0.3 is 10.1 Å². The number of phenolic OH excluding ortho intramolecular Hbond substituents is 1. The highest BCUT2D eigenvalue weighted by Gasteiger charge is 2.18. The Morgan fingerprint density at radius 3 is 2.74 bits per heavy atom. The lowest BCUT2D eigenvalue weighted by Crippen LogP contribution is -2.18. The van der Waals surface area contributed by atoms with Crippen LogP contribution >= 0.6 is 0 Å². The van der Waals surface area contributed by atoms with E-state index in [1.54, 1.807) is 12.3 Å². The minimum Gasteiger partial charge on any atom is -0.508 e. The number of halogens is 1. The molecule has 9 nitrogen and oxygen atoms in total. The minimum absolute atomic E-state index is 0.154. The number of nitrogens with zero attached hydrogens (tertiary/aromatic N) is 6. The van der Waals surface area contributed by atoms with Crippen molar-refractivity contribution in [3.63, 3.8) is 0 Å². The third kappa shape index (κ3) is 4.04. The fourth-order valence-corrected chi connectivity index (χ4v) is 5.13. The van der Waals surface area contributed by atoms with Crippen molar-refractivity contribution in [2.75, 3.05) is 13.1 Å². The first-order valence-electron chi connectivity index (χ1n) is 12.5. The van der Waals surface area contributed by atoms with E-state index in [1.165, 1.54) is 25.0 Å². The van der Waals surface area contributed by atoms with Crippen LogP contribution in [0.2, 0.25) is 0 Å². The van der Waals surface area contributed by atoms with Gasteiger partial charge in [0.2, 0.25) is 0 Å². The summed E-state index contributed by atoms with van der Waals surface area (Å²) in [5.74, 6) is -0.199. The summed E-state index contributed by atoms with van der Waals surface area (Å²) in [6.07, 6.45) is 7.84. The average molecular weight is 507 g/mol. The second-order valence-electron chi connectivity index (χ2n) is 9.57. The molecule has 0 unspecified atom stereocenters. The monoisotopic (exact) mass is 506 g/mol. The number of hydrogen-bond acceptors (Lipinski definition) is 7. The zero-order valence-electron chi connectivity index (χ0n) is 20.3. The van der Waals surface area contributed by atoms with E-state index in [1.807, 2.05) is 24.5 Å². The van der Waals surface area contributed by atoms with Gasteiger partial charge in [0.15, 0.2) is 17.2 Å². The Bertz CT molecular complexity index is 1780. The van der Waals surface area contributed by atoms with Crippen molar-refractivity contribution in [1.29, 1.82) is 0 Å². The highest BCUT2D eigenvalue weighted by molar-refractivity contribution is 5.95. The second-order valence-corrected chi connectivity index (χ2v) is 9.57. The number of fused-ring (bicyclic) bond motifs is 2. The van der Waals surface area contributed by atoms with E-state index in [4.69, 9.17) is 4.98 Å². The van der Waals surface area contributed by atoms with Gasteiger partial charge in [0.05, 0.1) is 16.7 Å². The first-order valence-corrected chi connectivity index (χ1v) is 12.5. The molecule has 1 aromatic carbocycles. The van der Waals surface area contributed by atoms with Crippen molar-refractivity contribution in [1.82, 2.24) is 40.0 Å². The maximum absolute atomic E-state index is 14.0. The number of hydrogen-bond donors (Lipinski definition) is 3. The Kier molecular flexibility index (Phi) is 5.33. The Hall–Kier alpha value is -4.70. The van der Waals surface area contributed by atoms with Gasteiger partial charge in [-0.3, -0.25) is 15.0 Å². The van der Waals surface area contributed by atoms with Crippen LogP contribution < -0.4 is 0 Å². The molecule has 6 aromatic rings. The van der Waals surface area contributed by atoms with Crippen LogP contribution in [0.5, 0.6) is 5.75 Å². The number of pyridine rings is 3. The molecule has 0 amide bonds. The minimum atomic E-state index is -0.529. The lowest BCUT2D eigenvalue weighted by Gasteiger charge is -2.14. The molecule has 1 aliphatic rings. The summed E-state index contributed by atoms with van der Waals surface area (Å²) in [6.45, 7) is 3.14. The molecule has 10 heteroatoms. The van der Waals surface area contributed by atoms with Crippen LogP contribution in [0.3, 0.4) is 0 Å². The standard InChI is InChI=1S/C28H23FN8O/c29-19-10-17(11-20(38)12-19)21-5-6-31-27-24(21)33-28(34-27)26-25-23(35-36-26)4-3-22(32-25)18-9-16(13-30-14-18)15-37-7-1-2-8-37/h3-6,9-14,38H,1-2,7-8,15H2,(H,35,36)(H,31,33,34). The summed E-state index contributed by atoms with van der Waals surface area (Å²) in [5, 5.41) is 17.4. The van der Waals surface area contributed by atoms with Gasteiger partial charge in [-0.1, -0.05) is 0 Å². The average Bonchev–Trinajstić information content (AvgIpc) is 3.67. The van der Waals surface area contributed by atoms with Crippen molar-refractivity contribution in [2.45, 2.75) is 19.4 Å². The largest absolute Gasteiger partial charge is 0.508 e. The van der Waals surface area contributed by atoms with Gasteiger partial charge in [0.1, 0.15) is 17.1 Å². The number of aromatic nitrogens is 7. The fraction of sp³-hybridized carbons (Fsp3) is 0.179. The Balaban J connectivity index is 1.28. The summed E-state index contributed by atoms with van der Waals surface area (Å²) >= 11 is 0. The lowest BCUT2D eigenvalue weighted by molar-refractivity contribution is 0.331. The summed E-state index contributed by atoms with van der Waals surface area (Å²) in [4.78, 5) is 24.1. The number of aromatic amines is 2. The molecule has 0 bridgehead atoms. The number of rotatable bonds is 5. The Morgan fingerprint density at radius 1 is 0.974 bits per heavy atom. The summed E-state index contributed by atoms with van der Waals surface area (Å²) < 4.78 is 14.0. The molecule has 0 saturated carbocycles. The lowest BCUT2D eigenvalue weighted by atomic mass is 10.1. The van der Waals surface area contributed by atoms with Crippen molar-refractivity contribution in [3.05, 3.63) is 72.4 Å². The first kappa shape index (κ1) is 22.5. The molecule has 6 heterocycles. The number of benzene rings is 1. The zero-order chi connectivity index (χ0) is 25.6. The SMILES string of the molecule is Oc1cc(F)cc(-c2ccnc3nc(-c4n[nH]c5ccc(-c6cncc(CN7CCCC7)c6)nc45)[nH]c23)c1. The maximum Gasteiger partial charge on any atom is 0.178 e. The van der Waals surface area contributed by atoms with E-state index >= 15 is 0 Å². The molecule has 0 aliphatic carbocycles. The van der Waals surface area contributed by atoms with Crippen molar-refractivity contribution in [2.24, 2.45) is 0 Å². The highest BCUT2D eigenvalue weighted by Crippen LogP contribution is 2.32. The molecule has 7 rings (SSSR count). The number of H-pyrrole nitrogens is 2. The normalized spacial score (nSPS) is 14.1. The van der Waals surface area contributed by atoms with Gasteiger partial charge >= 0.3 is 0 Å². The molecule has 188 valence electrons. The molecule has 3 N–H and O–H groups in total. The second kappa shape index (κ2) is 9.00. The van der Waals surface area contributed by atoms with Crippen LogP contribution in [0, 0.1) is 5.82 Å². The van der Waals surface area contributed by atoms with E-state index in [-0.39, 0.29) is 5.75 Å². The van der Waals surface area contributed by atoms with Gasteiger partial charge in [-0.2, -0.15) is 5.10 Å². The molecule has 0 spiro atoms. The Labute approximate surface area is 216 Å². The summed E-state index contributed by atoms with van der Waals surface area (Å²) in [6, 6.07) is 11.7. The van der Waals surface area contributed by atoms with E-state index in [2.05, 4.69) is 41.1 Å². The predicted octanol–water partition coefficient (Wildman–Crippen LogP) is 5.07. The van der Waals surface area contributed by atoms with Crippen LogP contribution in [-0.2, 0) is 6.54 Å². The van der Waals surface area contributed by atoms with Gasteiger partial charge in [-0.15, -0.1) is 0 Å². The third-order valence-corrected chi connectivity index (χ3v) is 6.91. The topological polar surface area (TPSA) is 120 Å². The number of imidazole rings is 1. The van der Waals surface area contributed by atoms with Crippen molar-refractivity contribution < 1.29 is 9.50 Å². The molecular weight excluding hydrogens is 483 g/mol. The fourth-order valence-electron chi connectivity index (χ4n) is 5.13. The third-order valence-electron chi connectivity index (χ3n) is 6.91. The van der Waals surface area contributed by atoms with E-state index < -0.39 is 5.82 Å². The van der Waals surface area contributed by atoms with Crippen LogP contribution in [0.15, 0.2) is 61.1 Å². The molecule has 1 fully saturated rings. The molecule has 0 radical (unpaired) electrons. The van der Waals surface area contributed by atoms with E-state index in [9.17, 15) is 9.50 Å². The van der Waals surface area contributed by atoms with Gasteiger partial charge in [-0.25, -0.2) is 19.3 Å². The highest BCUT2D eigenvalue weighted by atomic mass is 19.1. The number of phenols is 1. The number of aromatic hydroxyl groups is 1. The van der Waals surface area contributed by atoms with Crippen molar-refractivity contribution in [3.8, 4) is 39.7 Å². The van der Waals surface area contributed by atoms with Crippen LogP contribution in [0.4, 0.5) is 4.39 Å². The summed E-state index contributed by atoms with van der Waals surface area (Å²) in [7, 11) is 0. The van der Waals surface area contributed by atoms with E-state index in [0.29, 0.717) is 39.3 Å². The van der Waals surface area contributed by atoms with Crippen LogP contribution in [0.1, 0.15) is 18.4 Å². The molecular formula is C28H23FN8O. The van der Waals surface area contributed by atoms with Crippen molar-refractivity contribution >= 4 is 22.2 Å². The predicted molar refractivity (Wildman–Crippen MR) is 142 cm³/mol. The summed E-state index contributed by atoms with van der Waals surface area (Å²) in [5.41, 5.74) is 7.12. The molecule has 38 heavy (non-hydrogen) atoms. The van der Waals surface area contributed by atoms with Crippen LogP contribution in [0.25, 0.3) is 56.1 Å². The van der Waals surface area contributed by atoms with Crippen LogP contribution in [-0.4, -0.2) is 58.2 Å². The quantitative estimate of drug-likeness (QED) is 0.299. The Morgan fingerprint density at radius 2 is 1.87 bits per heavy atom. The first-order chi connectivity index (χ1) is 18.6. The molecule has 5 aromatic heterocycles. The zero-order valence-corrected chi connectivity index (χ0v) is 20.3.